The van der Waals surface area contributed by atoms with Crippen molar-refractivity contribution in [2.45, 2.75) is 23.8 Å². The van der Waals surface area contributed by atoms with E-state index < -0.39 is 15.9 Å². The molecule has 1 heterocycles. The zero-order chi connectivity index (χ0) is 19.4. The van der Waals surface area contributed by atoms with Crippen LogP contribution in [0.3, 0.4) is 0 Å². The summed E-state index contributed by atoms with van der Waals surface area (Å²) in [7, 11) is -3.86. The Morgan fingerprint density at radius 2 is 1.96 bits per heavy atom. The van der Waals surface area contributed by atoms with Crippen LogP contribution < -0.4 is 10.0 Å². The third kappa shape index (κ3) is 5.30. The fourth-order valence-corrected chi connectivity index (χ4v) is 4.53. The Labute approximate surface area is 171 Å². The first-order valence-corrected chi connectivity index (χ1v) is 11.0. The zero-order valence-corrected chi connectivity index (χ0v) is 17.4. The Morgan fingerprint density at radius 3 is 2.63 bits per heavy atom. The molecular weight excluding hydrogens is 456 g/mol. The van der Waals surface area contributed by atoms with Gasteiger partial charge in [-0.05, 0) is 55.3 Å². The monoisotopic (exact) mass is 472 g/mol. The van der Waals surface area contributed by atoms with E-state index in [1.165, 1.54) is 18.2 Å². The van der Waals surface area contributed by atoms with Crippen LogP contribution in [-0.2, 0) is 14.8 Å². The van der Waals surface area contributed by atoms with Crippen LogP contribution in [0.25, 0.3) is 0 Å². The molecule has 1 saturated heterocycles. The van der Waals surface area contributed by atoms with Gasteiger partial charge in [0, 0.05) is 28.9 Å². The lowest BCUT2D eigenvalue weighted by Crippen LogP contribution is -2.32. The number of carbonyl (C=O) groups is 1. The van der Waals surface area contributed by atoms with Gasteiger partial charge in [-0.25, -0.2) is 13.1 Å². The van der Waals surface area contributed by atoms with Gasteiger partial charge in [-0.15, -0.1) is 0 Å². The van der Waals surface area contributed by atoms with Gasteiger partial charge >= 0.3 is 0 Å². The molecule has 1 atom stereocenters. The second kappa shape index (κ2) is 8.70. The number of benzene rings is 2. The summed E-state index contributed by atoms with van der Waals surface area (Å²) in [4.78, 5) is 12.3. The molecule has 1 aliphatic rings. The molecule has 0 radical (unpaired) electrons. The number of ether oxygens (including phenoxy) is 1. The number of amides is 1. The van der Waals surface area contributed by atoms with Crippen molar-refractivity contribution in [2.24, 2.45) is 0 Å². The van der Waals surface area contributed by atoms with Crippen LogP contribution in [0, 0.1) is 0 Å². The minimum absolute atomic E-state index is 0.0510. The molecule has 6 nitrogen and oxygen atoms in total. The molecule has 144 valence electrons. The summed E-state index contributed by atoms with van der Waals surface area (Å²) in [6.07, 6.45) is 1.59. The van der Waals surface area contributed by atoms with E-state index in [1.807, 2.05) is 0 Å². The Hall–Kier alpha value is -1.45. The zero-order valence-electron chi connectivity index (χ0n) is 14.2. The normalized spacial score (nSPS) is 17.0. The van der Waals surface area contributed by atoms with E-state index in [0.29, 0.717) is 12.3 Å². The van der Waals surface area contributed by atoms with E-state index >= 15 is 0 Å². The third-order valence-corrected chi connectivity index (χ3v) is 6.54. The Kier molecular flexibility index (Phi) is 6.54. The maximum atomic E-state index is 12.6. The van der Waals surface area contributed by atoms with Crippen LogP contribution in [0.15, 0.2) is 51.8 Å². The van der Waals surface area contributed by atoms with Gasteiger partial charge in [-0.1, -0.05) is 27.5 Å². The number of hydrogen-bond donors (Lipinski definition) is 2. The maximum Gasteiger partial charge on any atom is 0.255 e. The summed E-state index contributed by atoms with van der Waals surface area (Å²) in [5.41, 5.74) is 0.791. The summed E-state index contributed by atoms with van der Waals surface area (Å²) < 4.78 is 34.0. The van der Waals surface area contributed by atoms with Crippen molar-refractivity contribution < 1.29 is 17.9 Å². The predicted octanol–water partition coefficient (Wildman–Crippen LogP) is 3.81. The Balaban J connectivity index is 1.76. The largest absolute Gasteiger partial charge is 0.377 e. The van der Waals surface area contributed by atoms with Crippen molar-refractivity contribution >= 4 is 49.1 Å². The molecule has 2 aromatic rings. The van der Waals surface area contributed by atoms with Crippen LogP contribution in [0.1, 0.15) is 23.2 Å². The van der Waals surface area contributed by atoms with Crippen LogP contribution in [0.4, 0.5) is 5.69 Å². The minimum atomic E-state index is -3.86. The highest BCUT2D eigenvalue weighted by molar-refractivity contribution is 9.10. The molecule has 0 saturated carbocycles. The van der Waals surface area contributed by atoms with E-state index in [1.54, 1.807) is 24.3 Å². The quantitative estimate of drug-likeness (QED) is 0.668. The molecule has 1 aliphatic heterocycles. The highest BCUT2D eigenvalue weighted by atomic mass is 79.9. The van der Waals surface area contributed by atoms with Gasteiger partial charge in [0.25, 0.3) is 5.91 Å². The van der Waals surface area contributed by atoms with Crippen molar-refractivity contribution in [1.29, 1.82) is 0 Å². The van der Waals surface area contributed by atoms with Gasteiger partial charge in [0.15, 0.2) is 0 Å². The van der Waals surface area contributed by atoms with Crippen molar-refractivity contribution in [3.05, 3.63) is 57.5 Å². The van der Waals surface area contributed by atoms with Crippen LogP contribution >= 0.6 is 27.5 Å². The van der Waals surface area contributed by atoms with Gasteiger partial charge in [0.2, 0.25) is 10.0 Å². The number of anilines is 1. The van der Waals surface area contributed by atoms with Crippen molar-refractivity contribution in [1.82, 2.24) is 4.72 Å². The first-order valence-electron chi connectivity index (χ1n) is 8.33. The van der Waals surface area contributed by atoms with Crippen molar-refractivity contribution in [2.75, 3.05) is 18.5 Å². The van der Waals surface area contributed by atoms with E-state index in [-0.39, 0.29) is 28.1 Å². The predicted molar refractivity (Wildman–Crippen MR) is 108 cm³/mol. The summed E-state index contributed by atoms with van der Waals surface area (Å²) in [5.74, 6) is -0.426. The molecule has 0 aromatic heterocycles. The molecule has 27 heavy (non-hydrogen) atoms. The molecule has 1 fully saturated rings. The summed E-state index contributed by atoms with van der Waals surface area (Å²) in [6.45, 7) is 0.812. The second-order valence-electron chi connectivity index (χ2n) is 6.09. The molecule has 3 rings (SSSR count). The minimum Gasteiger partial charge on any atom is -0.377 e. The first-order chi connectivity index (χ1) is 12.8. The summed E-state index contributed by atoms with van der Waals surface area (Å²) >= 11 is 9.40. The number of nitrogens with one attached hydrogen (secondary N) is 2. The van der Waals surface area contributed by atoms with Gasteiger partial charge in [-0.2, -0.15) is 0 Å². The average Bonchev–Trinajstić information content (AvgIpc) is 3.16. The lowest BCUT2D eigenvalue weighted by Gasteiger charge is -2.13. The highest BCUT2D eigenvalue weighted by Crippen LogP contribution is 2.24. The Bertz CT molecular complexity index is 929. The topological polar surface area (TPSA) is 84.5 Å². The molecule has 0 spiro atoms. The summed E-state index contributed by atoms with van der Waals surface area (Å²) in [5, 5.41) is 2.77. The smallest absolute Gasteiger partial charge is 0.255 e. The maximum absolute atomic E-state index is 12.6. The SMILES string of the molecule is O=C(Nc1ccc(Br)cc1)c1ccc(Cl)c(S(=O)(=O)NC[C@H]2CCCO2)c1. The van der Waals surface area contributed by atoms with Gasteiger partial charge in [0.1, 0.15) is 4.90 Å². The molecule has 0 unspecified atom stereocenters. The number of halogens is 2. The fourth-order valence-electron chi connectivity index (χ4n) is 2.67. The average molecular weight is 474 g/mol. The molecular formula is C18H18BrClN2O4S. The molecule has 1 amide bonds. The van der Waals surface area contributed by atoms with Crippen LogP contribution in [0.5, 0.6) is 0 Å². The number of carbonyl (C=O) groups excluding carboxylic acids is 1. The molecule has 2 N–H and O–H groups in total. The lowest BCUT2D eigenvalue weighted by atomic mass is 10.2. The van der Waals surface area contributed by atoms with E-state index in [0.717, 1.165) is 17.3 Å². The van der Waals surface area contributed by atoms with Gasteiger partial charge < -0.3 is 10.1 Å². The second-order valence-corrected chi connectivity index (χ2v) is 9.15. The molecule has 0 bridgehead atoms. The third-order valence-electron chi connectivity index (χ3n) is 4.11. The van der Waals surface area contributed by atoms with Crippen molar-refractivity contribution in [3.63, 3.8) is 0 Å². The van der Waals surface area contributed by atoms with Gasteiger partial charge in [0.05, 0.1) is 11.1 Å². The van der Waals surface area contributed by atoms with E-state index in [4.69, 9.17) is 16.3 Å². The number of sulfonamides is 1. The number of rotatable bonds is 6. The Morgan fingerprint density at radius 1 is 1.22 bits per heavy atom. The molecule has 0 aliphatic carbocycles. The molecule has 9 heteroatoms. The van der Waals surface area contributed by atoms with Crippen LogP contribution in [0.2, 0.25) is 5.02 Å². The lowest BCUT2D eigenvalue weighted by molar-refractivity contribution is 0.102. The first kappa shape index (κ1) is 20.3. The van der Waals surface area contributed by atoms with Gasteiger partial charge in [-0.3, -0.25) is 4.79 Å². The van der Waals surface area contributed by atoms with Crippen LogP contribution in [-0.4, -0.2) is 33.6 Å². The standard InChI is InChI=1S/C18H18BrClN2O4S/c19-13-4-6-14(7-5-13)22-18(23)12-3-8-16(20)17(10-12)27(24,25)21-11-15-2-1-9-26-15/h3-8,10,15,21H,1-2,9,11H2,(H,22,23)/t15-/m1/s1. The summed E-state index contributed by atoms with van der Waals surface area (Å²) in [6, 6.07) is 11.2. The van der Waals surface area contributed by atoms with E-state index in [9.17, 15) is 13.2 Å². The number of hydrogen-bond acceptors (Lipinski definition) is 4. The van der Waals surface area contributed by atoms with E-state index in [2.05, 4.69) is 26.0 Å². The highest BCUT2D eigenvalue weighted by Gasteiger charge is 2.23. The van der Waals surface area contributed by atoms with Crippen molar-refractivity contribution in [3.8, 4) is 0 Å². The fraction of sp³-hybridized carbons (Fsp3) is 0.278. The molecule has 2 aromatic carbocycles.